The second-order valence-corrected chi connectivity index (χ2v) is 2.48. The zero-order valence-corrected chi connectivity index (χ0v) is 7.51. The van der Waals surface area contributed by atoms with Gasteiger partial charge in [0.25, 0.3) is 0 Å². The molecule has 0 aliphatic heterocycles. The first kappa shape index (κ1) is 11.2. The number of halogens is 1. The fraction of sp³-hybridized carbons (Fsp3) is 0.875. The molecular formula is C8H15FO3. The molecule has 0 aromatic heterocycles. The highest BCUT2D eigenvalue weighted by Crippen LogP contribution is 1.98. The van der Waals surface area contributed by atoms with Gasteiger partial charge in [0, 0.05) is 6.42 Å². The lowest BCUT2D eigenvalue weighted by Gasteiger charge is -2.09. The molecule has 0 saturated heterocycles. The molecular weight excluding hydrogens is 163 g/mol. The molecule has 0 aliphatic rings. The highest BCUT2D eigenvalue weighted by Gasteiger charge is 2.07. The Morgan fingerprint density at radius 2 is 2.25 bits per heavy atom. The van der Waals surface area contributed by atoms with Crippen molar-refractivity contribution in [1.82, 2.24) is 0 Å². The number of carbonyl (C=O) groups is 1. The summed E-state index contributed by atoms with van der Waals surface area (Å²) in [4.78, 5) is 10.7. The summed E-state index contributed by atoms with van der Waals surface area (Å²) in [7, 11) is 0. The summed E-state index contributed by atoms with van der Waals surface area (Å²) in [5, 5.41) is 0. The zero-order valence-electron chi connectivity index (χ0n) is 7.51. The second-order valence-electron chi connectivity index (χ2n) is 2.48. The summed E-state index contributed by atoms with van der Waals surface area (Å²) < 4.78 is 20.9. The Morgan fingerprint density at radius 1 is 1.58 bits per heavy atom. The minimum absolute atomic E-state index is 0.0891. The molecule has 0 aromatic rings. The van der Waals surface area contributed by atoms with Crippen LogP contribution in [0.2, 0.25) is 0 Å². The maximum atomic E-state index is 11.5. The van der Waals surface area contributed by atoms with Crippen LogP contribution in [0.4, 0.5) is 9.18 Å². The minimum Gasteiger partial charge on any atom is -0.434 e. The third-order valence-corrected chi connectivity index (χ3v) is 1.37. The van der Waals surface area contributed by atoms with E-state index in [1.165, 1.54) is 0 Å². The summed E-state index contributed by atoms with van der Waals surface area (Å²) in [5.74, 6) is 0. The van der Waals surface area contributed by atoms with Crippen molar-refractivity contribution in [2.24, 2.45) is 0 Å². The molecule has 0 bridgehead atoms. The van der Waals surface area contributed by atoms with Crippen LogP contribution >= 0.6 is 0 Å². The van der Waals surface area contributed by atoms with Crippen LogP contribution in [0.5, 0.6) is 0 Å². The maximum Gasteiger partial charge on any atom is 0.508 e. The zero-order chi connectivity index (χ0) is 9.40. The fourth-order valence-corrected chi connectivity index (χ4v) is 0.492. The van der Waals surface area contributed by atoms with Crippen LogP contribution in [-0.2, 0) is 9.47 Å². The molecule has 3 nitrogen and oxygen atoms in total. The quantitative estimate of drug-likeness (QED) is 0.478. The molecule has 0 spiro atoms. The number of ether oxygens (including phenoxy) is 2. The molecule has 0 unspecified atom stereocenters. The normalized spacial score (nSPS) is 12.2. The van der Waals surface area contributed by atoms with Gasteiger partial charge in [-0.15, -0.1) is 0 Å². The van der Waals surface area contributed by atoms with Crippen molar-refractivity contribution in [3.8, 4) is 0 Å². The highest BCUT2D eigenvalue weighted by atomic mass is 19.1. The first-order valence-electron chi connectivity index (χ1n) is 4.10. The Balaban J connectivity index is 3.33. The third-order valence-electron chi connectivity index (χ3n) is 1.37. The summed E-state index contributed by atoms with van der Waals surface area (Å²) in [6, 6.07) is 0. The minimum atomic E-state index is -0.710. The van der Waals surface area contributed by atoms with Crippen molar-refractivity contribution < 1.29 is 18.7 Å². The molecule has 72 valence electrons. The number of hydrogen-bond acceptors (Lipinski definition) is 3. The molecule has 1 atom stereocenters. The van der Waals surface area contributed by atoms with E-state index in [1.807, 2.05) is 6.92 Å². The van der Waals surface area contributed by atoms with E-state index < -0.39 is 12.8 Å². The monoisotopic (exact) mass is 178 g/mol. The van der Waals surface area contributed by atoms with Gasteiger partial charge in [-0.25, -0.2) is 4.79 Å². The van der Waals surface area contributed by atoms with Crippen LogP contribution in [0.15, 0.2) is 0 Å². The standard InChI is InChI=1S/C8H15FO3/c1-3-7(2)12-8(10)11-6-4-5-9/h7H,3-6H2,1-2H3/t7-/m1/s1. The van der Waals surface area contributed by atoms with E-state index >= 15 is 0 Å². The van der Waals surface area contributed by atoms with Gasteiger partial charge < -0.3 is 9.47 Å². The van der Waals surface area contributed by atoms with Crippen molar-refractivity contribution in [2.45, 2.75) is 32.8 Å². The average Bonchev–Trinajstić information content (AvgIpc) is 2.05. The summed E-state index contributed by atoms with van der Waals surface area (Å²) in [5.41, 5.74) is 0. The lowest BCUT2D eigenvalue weighted by Crippen LogP contribution is -2.15. The lowest BCUT2D eigenvalue weighted by atomic mass is 10.3. The predicted molar refractivity (Wildman–Crippen MR) is 42.8 cm³/mol. The molecule has 0 N–H and O–H groups in total. The number of rotatable bonds is 5. The van der Waals surface area contributed by atoms with Crippen LogP contribution in [0.25, 0.3) is 0 Å². The molecule has 0 aliphatic carbocycles. The largest absolute Gasteiger partial charge is 0.508 e. The van der Waals surface area contributed by atoms with Gasteiger partial charge in [-0.2, -0.15) is 0 Å². The van der Waals surface area contributed by atoms with Crippen LogP contribution in [0.3, 0.4) is 0 Å². The third kappa shape index (κ3) is 5.95. The van der Waals surface area contributed by atoms with Crippen LogP contribution in [0, 0.1) is 0 Å². The Morgan fingerprint density at radius 3 is 2.75 bits per heavy atom. The molecule has 0 saturated carbocycles. The molecule has 0 aromatic carbocycles. The van der Waals surface area contributed by atoms with Gasteiger partial charge in [0.2, 0.25) is 0 Å². The van der Waals surface area contributed by atoms with E-state index in [1.54, 1.807) is 6.92 Å². The first-order valence-corrected chi connectivity index (χ1v) is 4.10. The molecule has 0 amide bonds. The van der Waals surface area contributed by atoms with E-state index in [0.717, 1.165) is 6.42 Å². The highest BCUT2D eigenvalue weighted by molar-refractivity contribution is 5.59. The molecule has 0 heterocycles. The number of carbonyl (C=O) groups excluding carboxylic acids is 1. The first-order chi connectivity index (χ1) is 5.70. The van der Waals surface area contributed by atoms with Gasteiger partial charge >= 0.3 is 6.16 Å². The lowest BCUT2D eigenvalue weighted by molar-refractivity contribution is 0.0268. The molecule has 0 fully saturated rings. The average molecular weight is 178 g/mol. The Kier molecular flexibility index (Phi) is 6.42. The molecule has 0 rings (SSSR count). The molecule has 12 heavy (non-hydrogen) atoms. The number of hydrogen-bond donors (Lipinski definition) is 0. The molecule has 4 heteroatoms. The SMILES string of the molecule is CC[C@@H](C)OC(=O)OCCCF. The maximum absolute atomic E-state index is 11.5. The molecule has 0 radical (unpaired) electrons. The summed E-state index contributed by atoms with van der Waals surface area (Å²) in [6.45, 7) is 3.29. The van der Waals surface area contributed by atoms with Crippen LogP contribution in [0.1, 0.15) is 26.7 Å². The van der Waals surface area contributed by atoms with Gasteiger partial charge in [-0.3, -0.25) is 4.39 Å². The van der Waals surface area contributed by atoms with Gasteiger partial charge in [0.15, 0.2) is 0 Å². The van der Waals surface area contributed by atoms with E-state index in [4.69, 9.17) is 4.74 Å². The smallest absolute Gasteiger partial charge is 0.434 e. The predicted octanol–water partition coefficient (Wildman–Crippen LogP) is 2.30. The van der Waals surface area contributed by atoms with E-state index in [9.17, 15) is 9.18 Å². The fourth-order valence-electron chi connectivity index (χ4n) is 0.492. The van der Waals surface area contributed by atoms with E-state index in [0.29, 0.717) is 0 Å². The van der Waals surface area contributed by atoms with Gasteiger partial charge in [-0.05, 0) is 13.3 Å². The summed E-state index contributed by atoms with van der Waals surface area (Å²) >= 11 is 0. The van der Waals surface area contributed by atoms with Crippen molar-refractivity contribution >= 4 is 6.16 Å². The van der Waals surface area contributed by atoms with E-state index in [2.05, 4.69) is 4.74 Å². The van der Waals surface area contributed by atoms with Crippen molar-refractivity contribution in [2.75, 3.05) is 13.3 Å². The van der Waals surface area contributed by atoms with Gasteiger partial charge in [-0.1, -0.05) is 6.92 Å². The van der Waals surface area contributed by atoms with E-state index in [-0.39, 0.29) is 19.1 Å². The van der Waals surface area contributed by atoms with Gasteiger partial charge in [0.05, 0.1) is 13.3 Å². The van der Waals surface area contributed by atoms with Crippen molar-refractivity contribution in [1.29, 1.82) is 0 Å². The Bertz CT molecular complexity index is 127. The summed E-state index contributed by atoms with van der Waals surface area (Å²) in [6.07, 6.45) is 0.133. The van der Waals surface area contributed by atoms with Gasteiger partial charge in [0.1, 0.15) is 6.10 Å². The van der Waals surface area contributed by atoms with Crippen molar-refractivity contribution in [3.05, 3.63) is 0 Å². The van der Waals surface area contributed by atoms with Crippen LogP contribution < -0.4 is 0 Å². The number of alkyl halides is 1. The Labute approximate surface area is 71.8 Å². The topological polar surface area (TPSA) is 35.5 Å². The van der Waals surface area contributed by atoms with Crippen molar-refractivity contribution in [3.63, 3.8) is 0 Å². The van der Waals surface area contributed by atoms with Crippen LogP contribution in [-0.4, -0.2) is 25.5 Å². The second kappa shape index (κ2) is 6.88. The Hall–Kier alpha value is -0.800.